The Labute approximate surface area is 174 Å². The summed E-state index contributed by atoms with van der Waals surface area (Å²) >= 11 is 6.10. The molecule has 0 saturated carbocycles. The summed E-state index contributed by atoms with van der Waals surface area (Å²) in [6.07, 6.45) is 0. The second-order valence-electron chi connectivity index (χ2n) is 6.83. The molecule has 0 bridgehead atoms. The minimum absolute atomic E-state index is 0.121. The van der Waals surface area contributed by atoms with E-state index in [9.17, 15) is 23.2 Å². The van der Waals surface area contributed by atoms with Crippen molar-refractivity contribution >= 4 is 40.7 Å². The molecule has 8 nitrogen and oxygen atoms in total. The molecule has 2 heterocycles. The quantitative estimate of drug-likeness (QED) is 0.750. The molecular weight excluding hydrogens is 420 g/mol. The van der Waals surface area contributed by atoms with Crippen molar-refractivity contribution in [1.82, 2.24) is 5.01 Å². The van der Waals surface area contributed by atoms with Gasteiger partial charge >= 0.3 is 0 Å². The second kappa shape index (κ2) is 7.45. The summed E-state index contributed by atoms with van der Waals surface area (Å²) in [5.74, 6) is -4.29. The van der Waals surface area contributed by atoms with Crippen LogP contribution in [0.1, 0.15) is 5.56 Å². The Morgan fingerprint density at radius 3 is 2.60 bits per heavy atom. The van der Waals surface area contributed by atoms with E-state index in [0.29, 0.717) is 10.7 Å². The van der Waals surface area contributed by atoms with Gasteiger partial charge in [0.1, 0.15) is 6.54 Å². The van der Waals surface area contributed by atoms with Crippen LogP contribution in [0, 0.1) is 18.6 Å². The van der Waals surface area contributed by atoms with Gasteiger partial charge in [0.25, 0.3) is 11.8 Å². The fourth-order valence-corrected chi connectivity index (χ4v) is 3.57. The van der Waals surface area contributed by atoms with Crippen LogP contribution in [0.2, 0.25) is 5.02 Å². The van der Waals surface area contributed by atoms with Gasteiger partial charge in [-0.3, -0.25) is 19.4 Å². The number of aryl methyl sites for hydroxylation is 1. The van der Waals surface area contributed by atoms with E-state index in [1.165, 1.54) is 0 Å². The molecule has 0 unspecified atom stereocenters. The maximum absolute atomic E-state index is 13.5. The number of nitrogens with one attached hydrogen (secondary N) is 1. The Bertz CT molecular complexity index is 1110. The number of carbonyl (C=O) groups is 3. The van der Waals surface area contributed by atoms with Gasteiger partial charge in [-0.2, -0.15) is 5.11 Å². The van der Waals surface area contributed by atoms with Crippen LogP contribution in [0.25, 0.3) is 0 Å². The van der Waals surface area contributed by atoms with E-state index >= 15 is 0 Å². The Balaban J connectivity index is 1.50. The number of halogens is 3. The average Bonchev–Trinajstić information content (AvgIpc) is 3.20. The van der Waals surface area contributed by atoms with Gasteiger partial charge < -0.3 is 5.32 Å². The topological polar surface area (TPSA) is 94.4 Å². The van der Waals surface area contributed by atoms with Crippen LogP contribution in [-0.2, 0) is 14.4 Å². The van der Waals surface area contributed by atoms with Crippen LogP contribution < -0.4 is 10.2 Å². The largest absolute Gasteiger partial charge is 0.323 e. The molecule has 0 aliphatic carbocycles. The Hall–Kier alpha value is -3.40. The molecule has 30 heavy (non-hydrogen) atoms. The number of imide groups is 1. The van der Waals surface area contributed by atoms with Gasteiger partial charge in [0.2, 0.25) is 5.91 Å². The van der Waals surface area contributed by atoms with E-state index in [1.807, 2.05) is 6.92 Å². The van der Waals surface area contributed by atoms with Crippen LogP contribution in [-0.4, -0.2) is 41.4 Å². The molecule has 0 aromatic heterocycles. The first-order valence-corrected chi connectivity index (χ1v) is 9.20. The third kappa shape index (κ3) is 3.39. The number of rotatable bonds is 4. The van der Waals surface area contributed by atoms with Crippen molar-refractivity contribution in [2.24, 2.45) is 10.3 Å². The van der Waals surface area contributed by atoms with Gasteiger partial charge in [0, 0.05) is 6.07 Å². The fourth-order valence-electron chi connectivity index (χ4n) is 3.29. The summed E-state index contributed by atoms with van der Waals surface area (Å²) in [5.41, 5.74) is 1.18. The summed E-state index contributed by atoms with van der Waals surface area (Å²) in [5, 5.41) is 11.6. The van der Waals surface area contributed by atoms with Gasteiger partial charge in [0.15, 0.2) is 23.7 Å². The molecule has 1 saturated heterocycles. The maximum atomic E-state index is 13.5. The van der Waals surface area contributed by atoms with Gasteiger partial charge in [-0.25, -0.2) is 13.7 Å². The van der Waals surface area contributed by atoms with Crippen molar-refractivity contribution in [2.45, 2.75) is 19.0 Å². The lowest BCUT2D eigenvalue weighted by molar-refractivity contribution is -0.123. The second-order valence-corrected chi connectivity index (χ2v) is 7.24. The van der Waals surface area contributed by atoms with Gasteiger partial charge in [0.05, 0.1) is 16.4 Å². The Morgan fingerprint density at radius 2 is 1.90 bits per heavy atom. The normalized spacial score (nSPS) is 20.1. The third-order valence-electron chi connectivity index (χ3n) is 4.72. The van der Waals surface area contributed by atoms with Crippen molar-refractivity contribution in [3.8, 4) is 0 Å². The molecule has 0 radical (unpaired) electrons. The van der Waals surface area contributed by atoms with Crippen LogP contribution in [0.4, 0.5) is 20.2 Å². The third-order valence-corrected chi connectivity index (χ3v) is 5.04. The monoisotopic (exact) mass is 433 g/mol. The lowest BCUT2D eigenvalue weighted by Gasteiger charge is -2.20. The molecule has 2 aliphatic heterocycles. The number of fused-ring (bicyclic) bond motifs is 1. The van der Waals surface area contributed by atoms with Crippen molar-refractivity contribution in [2.75, 3.05) is 16.8 Å². The molecule has 4 rings (SSSR count). The van der Waals surface area contributed by atoms with Crippen molar-refractivity contribution in [3.05, 3.63) is 58.6 Å². The molecular formula is C19H14ClF2N5O3. The minimum Gasteiger partial charge on any atom is -0.323 e. The number of nitrogens with zero attached hydrogens (tertiary/aromatic N) is 4. The minimum atomic E-state index is -1.20. The number of benzene rings is 2. The first-order valence-electron chi connectivity index (χ1n) is 8.82. The zero-order chi connectivity index (χ0) is 21.6. The molecule has 1 N–H and O–H groups in total. The zero-order valence-electron chi connectivity index (χ0n) is 15.5. The molecule has 2 aromatic carbocycles. The summed E-state index contributed by atoms with van der Waals surface area (Å²) in [6.45, 7) is 1.49. The van der Waals surface area contributed by atoms with Gasteiger partial charge in [-0.05, 0) is 36.8 Å². The molecule has 11 heteroatoms. The van der Waals surface area contributed by atoms with Crippen LogP contribution in [0.3, 0.4) is 0 Å². The molecule has 0 spiro atoms. The molecule has 2 aliphatic rings. The van der Waals surface area contributed by atoms with Crippen molar-refractivity contribution < 1.29 is 23.2 Å². The van der Waals surface area contributed by atoms with E-state index in [-0.39, 0.29) is 12.2 Å². The van der Waals surface area contributed by atoms with Gasteiger partial charge in [-0.15, -0.1) is 0 Å². The highest BCUT2D eigenvalue weighted by Crippen LogP contribution is 2.32. The predicted octanol–water partition coefficient (Wildman–Crippen LogP) is 2.86. The summed E-state index contributed by atoms with van der Waals surface area (Å²) in [7, 11) is 0. The molecule has 1 fully saturated rings. The smallest absolute Gasteiger partial charge is 0.263 e. The zero-order valence-corrected chi connectivity index (χ0v) is 16.2. The van der Waals surface area contributed by atoms with E-state index < -0.39 is 41.4 Å². The van der Waals surface area contributed by atoms with Crippen LogP contribution in [0.5, 0.6) is 0 Å². The number of carbonyl (C=O) groups excluding carboxylic acids is 3. The molecule has 3 amide bonds. The van der Waals surface area contributed by atoms with E-state index in [4.69, 9.17) is 11.6 Å². The SMILES string of the molecule is Cc1ccc(NC(=O)CN2N=N[C@@H]3C(=O)N(c4ccc(F)c(F)c4)C(=O)[C@H]32)c(Cl)c1. The standard InChI is InChI=1S/C19H14ClF2N5O3/c1-9-2-5-14(11(20)6-9)23-15(28)8-26-17-16(24-25-26)18(29)27(19(17)30)10-3-4-12(21)13(22)7-10/h2-7,16-17H,8H2,1H3,(H,23,28)/t16-,17-/m0/s1. The summed E-state index contributed by atoms with van der Waals surface area (Å²) in [6, 6.07) is 5.46. The highest BCUT2D eigenvalue weighted by molar-refractivity contribution is 6.33. The molecule has 154 valence electrons. The Morgan fingerprint density at radius 1 is 1.13 bits per heavy atom. The van der Waals surface area contributed by atoms with Crippen molar-refractivity contribution in [3.63, 3.8) is 0 Å². The van der Waals surface area contributed by atoms with Crippen molar-refractivity contribution in [1.29, 1.82) is 0 Å². The van der Waals surface area contributed by atoms with Gasteiger partial charge in [-0.1, -0.05) is 22.9 Å². The highest BCUT2D eigenvalue weighted by atomic mass is 35.5. The highest BCUT2D eigenvalue weighted by Gasteiger charge is 2.55. The van der Waals surface area contributed by atoms with Crippen LogP contribution in [0.15, 0.2) is 46.7 Å². The average molecular weight is 434 g/mol. The Kier molecular flexibility index (Phi) is 4.94. The predicted molar refractivity (Wildman–Crippen MR) is 103 cm³/mol. The summed E-state index contributed by atoms with van der Waals surface area (Å²) in [4.78, 5) is 38.5. The van der Waals surface area contributed by atoms with E-state index in [1.54, 1.807) is 18.2 Å². The maximum Gasteiger partial charge on any atom is 0.263 e. The number of anilines is 2. The first-order chi connectivity index (χ1) is 14.3. The number of hydrogen-bond donors (Lipinski definition) is 1. The van der Waals surface area contributed by atoms with E-state index in [0.717, 1.165) is 33.7 Å². The first kappa shape index (κ1) is 19.9. The van der Waals surface area contributed by atoms with Crippen LogP contribution >= 0.6 is 11.6 Å². The molecule has 2 atom stereocenters. The summed E-state index contributed by atoms with van der Waals surface area (Å²) < 4.78 is 26.7. The fraction of sp³-hybridized carbons (Fsp3) is 0.211. The number of amides is 3. The lowest BCUT2D eigenvalue weighted by Crippen LogP contribution is -2.43. The lowest BCUT2D eigenvalue weighted by atomic mass is 10.1. The van der Waals surface area contributed by atoms with E-state index in [2.05, 4.69) is 15.7 Å². The molecule has 2 aromatic rings. The number of hydrogen-bond acceptors (Lipinski definition) is 6.